The summed E-state index contributed by atoms with van der Waals surface area (Å²) in [5.41, 5.74) is 0. The Morgan fingerprint density at radius 2 is 1.78 bits per heavy atom. The van der Waals surface area contributed by atoms with Crippen molar-refractivity contribution < 1.29 is 14.3 Å². The Hall–Kier alpha value is -0.330. The number of methoxy groups -OCH3 is 1. The van der Waals surface area contributed by atoms with Gasteiger partial charge in [0.15, 0.2) is 0 Å². The van der Waals surface area contributed by atoms with Crippen LogP contribution in [0.3, 0.4) is 0 Å². The first-order chi connectivity index (χ1) is 8.61. The summed E-state index contributed by atoms with van der Waals surface area (Å²) < 4.78 is 4.28. The second-order valence-electron chi connectivity index (χ2n) is 4.31. The summed E-state index contributed by atoms with van der Waals surface area (Å²) in [6.45, 7) is 2.54. The highest BCUT2D eigenvalue weighted by atomic mass is 127. The Labute approximate surface area is 123 Å². The first-order valence-corrected chi connectivity index (χ1v) is 7.85. The normalized spacial score (nSPS) is 11.9. The lowest BCUT2D eigenvalue weighted by atomic mass is 10.1. The molecular weight excluding hydrogens is 345 g/mol. The van der Waals surface area contributed by atoms with Gasteiger partial charge in [-0.2, -0.15) is 0 Å². The van der Waals surface area contributed by atoms with E-state index in [2.05, 4.69) is 17.0 Å². The third-order valence-electron chi connectivity index (χ3n) is 2.69. The average Bonchev–Trinajstić information content (AvgIpc) is 2.38. The average molecular weight is 369 g/mol. The number of ether oxygens (including phenoxy) is 1. The number of carbonyl (C=O) groups excluding carboxylic acids is 2. The fourth-order valence-corrected chi connectivity index (χ4v) is 2.04. The molecule has 1 unspecified atom stereocenters. The van der Waals surface area contributed by atoms with E-state index in [0.717, 1.165) is 12.8 Å². The SMILES string of the molecule is CCCCCCCCC(=O)NCC(I)C(=O)OC. The minimum Gasteiger partial charge on any atom is -0.468 e. The Balaban J connectivity index is 3.45. The summed E-state index contributed by atoms with van der Waals surface area (Å²) in [6, 6.07) is 0. The van der Waals surface area contributed by atoms with Crippen molar-refractivity contribution in [2.24, 2.45) is 0 Å². The highest BCUT2D eigenvalue weighted by molar-refractivity contribution is 14.1. The molecule has 0 fully saturated rings. The molecule has 18 heavy (non-hydrogen) atoms. The van der Waals surface area contributed by atoms with Crippen molar-refractivity contribution in [1.29, 1.82) is 0 Å². The number of amides is 1. The molecule has 0 radical (unpaired) electrons. The van der Waals surface area contributed by atoms with E-state index in [-0.39, 0.29) is 15.8 Å². The topological polar surface area (TPSA) is 55.4 Å². The third kappa shape index (κ3) is 9.67. The van der Waals surface area contributed by atoms with Gasteiger partial charge in [0.05, 0.1) is 7.11 Å². The molecule has 1 atom stereocenters. The maximum Gasteiger partial charge on any atom is 0.320 e. The molecule has 0 aliphatic rings. The highest BCUT2D eigenvalue weighted by Crippen LogP contribution is 2.07. The molecule has 5 heteroatoms. The van der Waals surface area contributed by atoms with E-state index in [1.165, 1.54) is 32.8 Å². The van der Waals surface area contributed by atoms with Crippen LogP contribution in [0, 0.1) is 0 Å². The lowest BCUT2D eigenvalue weighted by Gasteiger charge is -2.09. The number of alkyl halides is 1. The van der Waals surface area contributed by atoms with E-state index in [0.29, 0.717) is 13.0 Å². The molecule has 0 aromatic rings. The predicted octanol–water partition coefficient (Wildman–Crippen LogP) is 2.83. The van der Waals surface area contributed by atoms with Gasteiger partial charge in [0, 0.05) is 13.0 Å². The van der Waals surface area contributed by atoms with Gasteiger partial charge in [-0.3, -0.25) is 9.59 Å². The molecule has 0 rings (SSSR count). The van der Waals surface area contributed by atoms with Gasteiger partial charge in [-0.05, 0) is 6.42 Å². The summed E-state index contributed by atoms with van der Waals surface area (Å²) in [6.07, 6.45) is 7.58. The van der Waals surface area contributed by atoms with Crippen LogP contribution >= 0.6 is 22.6 Å². The van der Waals surface area contributed by atoms with Gasteiger partial charge in [0.1, 0.15) is 3.92 Å². The van der Waals surface area contributed by atoms with E-state index in [1.807, 2.05) is 22.6 Å². The standard InChI is InChI=1S/C13H24INO3/c1-3-4-5-6-7-8-9-12(16)15-10-11(14)13(17)18-2/h11H,3-10H2,1-2H3,(H,15,16). The molecule has 0 heterocycles. The van der Waals surface area contributed by atoms with Crippen molar-refractivity contribution >= 4 is 34.5 Å². The quantitative estimate of drug-likeness (QED) is 0.279. The van der Waals surface area contributed by atoms with Gasteiger partial charge >= 0.3 is 5.97 Å². The predicted molar refractivity (Wildman–Crippen MR) is 80.8 cm³/mol. The molecule has 0 aromatic heterocycles. The van der Waals surface area contributed by atoms with Crippen molar-refractivity contribution in [3.05, 3.63) is 0 Å². The molecule has 0 aliphatic heterocycles. The van der Waals surface area contributed by atoms with Crippen LogP contribution in [0.15, 0.2) is 0 Å². The van der Waals surface area contributed by atoms with Crippen molar-refractivity contribution in [1.82, 2.24) is 5.32 Å². The van der Waals surface area contributed by atoms with Crippen molar-refractivity contribution in [2.75, 3.05) is 13.7 Å². The number of rotatable bonds is 10. The van der Waals surface area contributed by atoms with E-state index < -0.39 is 0 Å². The lowest BCUT2D eigenvalue weighted by Crippen LogP contribution is -2.33. The number of esters is 1. The van der Waals surface area contributed by atoms with Crippen LogP contribution in [-0.2, 0) is 14.3 Å². The molecule has 0 spiro atoms. The fourth-order valence-electron chi connectivity index (χ4n) is 1.57. The summed E-state index contributed by atoms with van der Waals surface area (Å²) in [5, 5.41) is 2.75. The summed E-state index contributed by atoms with van der Waals surface area (Å²) in [7, 11) is 1.35. The second kappa shape index (κ2) is 11.7. The minimum atomic E-state index is -0.305. The lowest BCUT2D eigenvalue weighted by molar-refractivity contribution is -0.139. The zero-order chi connectivity index (χ0) is 13.8. The second-order valence-corrected chi connectivity index (χ2v) is 5.82. The van der Waals surface area contributed by atoms with Crippen LogP contribution < -0.4 is 5.32 Å². The van der Waals surface area contributed by atoms with Crippen LogP contribution in [0.1, 0.15) is 51.9 Å². The van der Waals surface area contributed by atoms with Gasteiger partial charge < -0.3 is 10.1 Å². The van der Waals surface area contributed by atoms with Crippen LogP contribution in [0.5, 0.6) is 0 Å². The summed E-state index contributed by atoms with van der Waals surface area (Å²) in [4.78, 5) is 22.6. The molecule has 0 aliphatic carbocycles. The molecular formula is C13H24INO3. The largest absolute Gasteiger partial charge is 0.468 e. The molecule has 0 bridgehead atoms. The number of nitrogens with one attached hydrogen (secondary N) is 1. The Kier molecular flexibility index (Phi) is 11.5. The van der Waals surface area contributed by atoms with Gasteiger partial charge in [0.25, 0.3) is 0 Å². The van der Waals surface area contributed by atoms with E-state index in [1.54, 1.807) is 0 Å². The van der Waals surface area contributed by atoms with E-state index >= 15 is 0 Å². The number of halogens is 1. The number of hydrogen-bond acceptors (Lipinski definition) is 3. The zero-order valence-corrected chi connectivity index (χ0v) is 13.5. The zero-order valence-electron chi connectivity index (χ0n) is 11.3. The van der Waals surface area contributed by atoms with Crippen LogP contribution in [0.4, 0.5) is 0 Å². The minimum absolute atomic E-state index is 0.0241. The van der Waals surface area contributed by atoms with Gasteiger partial charge in [0.2, 0.25) is 5.91 Å². The van der Waals surface area contributed by atoms with E-state index in [9.17, 15) is 9.59 Å². The summed E-state index contributed by atoms with van der Waals surface area (Å²) >= 11 is 1.97. The third-order valence-corrected chi connectivity index (χ3v) is 3.64. The summed E-state index contributed by atoms with van der Waals surface area (Å²) in [5.74, 6) is -0.272. The van der Waals surface area contributed by atoms with Crippen LogP contribution in [-0.4, -0.2) is 29.5 Å². The van der Waals surface area contributed by atoms with Gasteiger partial charge in [-0.1, -0.05) is 61.6 Å². The number of hydrogen-bond donors (Lipinski definition) is 1. The van der Waals surface area contributed by atoms with Gasteiger partial charge in [-0.15, -0.1) is 0 Å². The van der Waals surface area contributed by atoms with Crippen LogP contribution in [0.2, 0.25) is 0 Å². The molecule has 0 saturated heterocycles. The van der Waals surface area contributed by atoms with Gasteiger partial charge in [-0.25, -0.2) is 0 Å². The van der Waals surface area contributed by atoms with Crippen molar-refractivity contribution in [2.45, 2.75) is 55.8 Å². The Bertz CT molecular complexity index is 246. The molecule has 106 valence electrons. The first kappa shape index (κ1) is 17.7. The maximum atomic E-state index is 11.5. The smallest absolute Gasteiger partial charge is 0.320 e. The fraction of sp³-hybridized carbons (Fsp3) is 0.846. The molecule has 1 amide bonds. The number of unbranched alkanes of at least 4 members (excludes halogenated alkanes) is 5. The van der Waals surface area contributed by atoms with Crippen molar-refractivity contribution in [3.63, 3.8) is 0 Å². The Morgan fingerprint density at radius 3 is 2.39 bits per heavy atom. The maximum absolute atomic E-state index is 11.5. The highest BCUT2D eigenvalue weighted by Gasteiger charge is 2.15. The molecule has 4 nitrogen and oxygen atoms in total. The van der Waals surface area contributed by atoms with Crippen LogP contribution in [0.25, 0.3) is 0 Å². The monoisotopic (exact) mass is 369 g/mol. The Morgan fingerprint density at radius 1 is 1.17 bits per heavy atom. The number of carbonyl (C=O) groups is 2. The molecule has 0 aromatic carbocycles. The van der Waals surface area contributed by atoms with Crippen molar-refractivity contribution in [3.8, 4) is 0 Å². The van der Waals surface area contributed by atoms with E-state index in [4.69, 9.17) is 0 Å². The first-order valence-electron chi connectivity index (χ1n) is 6.60. The molecule has 0 saturated carbocycles. The molecule has 1 N–H and O–H groups in total.